The van der Waals surface area contributed by atoms with E-state index in [0.717, 1.165) is 10.2 Å². The molecule has 90 valence electrons. The molecule has 0 unspecified atom stereocenters. The monoisotopic (exact) mass is 392 g/mol. The molecule has 0 bridgehead atoms. The molecule has 0 atom stereocenters. The number of halogens is 1. The van der Waals surface area contributed by atoms with Crippen molar-refractivity contribution in [3.63, 3.8) is 0 Å². The van der Waals surface area contributed by atoms with Gasteiger partial charge in [-0.25, -0.2) is 0 Å². The van der Waals surface area contributed by atoms with E-state index in [1.807, 2.05) is 0 Å². The number of aryl methyl sites for hydroxylation is 1. The van der Waals surface area contributed by atoms with Crippen molar-refractivity contribution in [1.82, 2.24) is 0 Å². The summed E-state index contributed by atoms with van der Waals surface area (Å²) < 4.78 is 11.3. The zero-order valence-electron chi connectivity index (χ0n) is 10.6. The third-order valence-corrected chi connectivity index (χ3v) is 16.8. The molecule has 0 aromatic heterocycles. The predicted molar refractivity (Wildman–Crippen MR) is 76.7 cm³/mol. The third-order valence-electron chi connectivity index (χ3n) is 3.40. The van der Waals surface area contributed by atoms with Gasteiger partial charge < -0.3 is 0 Å². The van der Waals surface area contributed by atoms with E-state index < -0.39 is 18.8 Å². The predicted octanol–water partition coefficient (Wildman–Crippen LogP) is 5.14. The van der Waals surface area contributed by atoms with Crippen molar-refractivity contribution in [3.05, 3.63) is 28.2 Å². The molecule has 0 spiro atoms. The summed E-state index contributed by atoms with van der Waals surface area (Å²) in [5, 5.41) is 0. The van der Waals surface area contributed by atoms with Crippen LogP contribution in [0.15, 0.2) is 22.7 Å². The second-order valence-corrected chi connectivity index (χ2v) is 18.6. The SMILES string of the molecule is C[CH2][Sn]([CH2]C)([CH2]C)[O]c1ccc(Br)cc1C. The summed E-state index contributed by atoms with van der Waals surface area (Å²) in [4.78, 5) is 0. The van der Waals surface area contributed by atoms with Gasteiger partial charge in [0.25, 0.3) is 0 Å². The van der Waals surface area contributed by atoms with Gasteiger partial charge in [0.15, 0.2) is 0 Å². The third kappa shape index (κ3) is 3.39. The normalized spacial score (nSPS) is 11.6. The summed E-state index contributed by atoms with van der Waals surface area (Å²) in [5.74, 6) is 1.10. The van der Waals surface area contributed by atoms with Gasteiger partial charge in [0, 0.05) is 0 Å². The fraction of sp³-hybridized carbons (Fsp3) is 0.538. The van der Waals surface area contributed by atoms with Crippen LogP contribution in [-0.2, 0) is 0 Å². The molecule has 0 aliphatic heterocycles. The van der Waals surface area contributed by atoms with Gasteiger partial charge in [-0.2, -0.15) is 0 Å². The van der Waals surface area contributed by atoms with E-state index in [1.165, 1.54) is 18.9 Å². The molecule has 3 heteroatoms. The van der Waals surface area contributed by atoms with Gasteiger partial charge in [-0.05, 0) is 0 Å². The number of benzene rings is 1. The molecule has 1 aromatic rings. The van der Waals surface area contributed by atoms with Crippen molar-refractivity contribution in [2.75, 3.05) is 0 Å². The average Bonchev–Trinajstić information content (AvgIpc) is 2.29. The van der Waals surface area contributed by atoms with Crippen LogP contribution in [0.25, 0.3) is 0 Å². The van der Waals surface area contributed by atoms with Gasteiger partial charge in [0.05, 0.1) is 0 Å². The van der Waals surface area contributed by atoms with E-state index in [0.29, 0.717) is 0 Å². The maximum atomic E-state index is 6.42. The topological polar surface area (TPSA) is 9.23 Å². The molecule has 16 heavy (non-hydrogen) atoms. The Morgan fingerprint density at radius 1 is 1.12 bits per heavy atom. The Labute approximate surface area is 112 Å². The second kappa shape index (κ2) is 6.29. The van der Waals surface area contributed by atoms with Crippen LogP contribution in [0.2, 0.25) is 13.3 Å². The molecule has 0 N–H and O–H groups in total. The van der Waals surface area contributed by atoms with Gasteiger partial charge >= 0.3 is 113 Å². The molecule has 0 radical (unpaired) electrons. The molecule has 0 saturated carbocycles. The first-order valence-electron chi connectivity index (χ1n) is 6.02. The summed E-state index contributed by atoms with van der Waals surface area (Å²) in [5.41, 5.74) is 1.24. The van der Waals surface area contributed by atoms with Crippen molar-refractivity contribution < 1.29 is 3.07 Å². The Morgan fingerprint density at radius 3 is 2.12 bits per heavy atom. The van der Waals surface area contributed by atoms with Crippen molar-refractivity contribution in [2.45, 2.75) is 41.0 Å². The molecule has 0 fully saturated rings. The Balaban J connectivity index is 2.93. The molecule has 0 aliphatic carbocycles. The van der Waals surface area contributed by atoms with Crippen LogP contribution in [0, 0.1) is 6.92 Å². The van der Waals surface area contributed by atoms with Gasteiger partial charge in [0.2, 0.25) is 0 Å². The molecule has 1 rings (SSSR count). The van der Waals surface area contributed by atoms with Gasteiger partial charge in [0.1, 0.15) is 0 Å². The summed E-state index contributed by atoms with van der Waals surface area (Å²) in [6, 6.07) is 6.30. The molecule has 0 amide bonds. The van der Waals surface area contributed by atoms with Crippen LogP contribution in [0.4, 0.5) is 0 Å². The molecule has 0 saturated heterocycles. The first-order valence-corrected chi connectivity index (χ1v) is 14.0. The summed E-state index contributed by atoms with van der Waals surface area (Å²) in [6.45, 7) is 8.99. The molecular formula is C13H21BrOSn. The number of rotatable bonds is 5. The summed E-state index contributed by atoms with van der Waals surface area (Å²) >= 11 is 1.19. The van der Waals surface area contributed by atoms with Crippen molar-refractivity contribution >= 4 is 34.7 Å². The average molecular weight is 392 g/mol. The van der Waals surface area contributed by atoms with Crippen LogP contribution in [0.5, 0.6) is 5.75 Å². The van der Waals surface area contributed by atoms with E-state index in [-0.39, 0.29) is 0 Å². The van der Waals surface area contributed by atoms with Crippen LogP contribution in [0.3, 0.4) is 0 Å². The van der Waals surface area contributed by atoms with Gasteiger partial charge in [-0.1, -0.05) is 0 Å². The van der Waals surface area contributed by atoms with Crippen LogP contribution < -0.4 is 3.07 Å². The quantitative estimate of drug-likeness (QED) is 0.631. The van der Waals surface area contributed by atoms with Crippen molar-refractivity contribution in [2.24, 2.45) is 0 Å². The standard InChI is InChI=1S/C7H7BrO.3C2H5.Sn/c1-5-4-6(8)2-3-7(5)9;3*1-2;/h2-4,9H,1H3;3*1H2,2H3;/q;;;;+1/p-1. The van der Waals surface area contributed by atoms with E-state index in [2.05, 4.69) is 61.8 Å². The first kappa shape index (κ1) is 14.4. The molecule has 0 aliphatic rings. The fourth-order valence-electron chi connectivity index (χ4n) is 1.93. The minimum absolute atomic E-state index is 1.10. The van der Waals surface area contributed by atoms with Crippen LogP contribution in [-0.4, -0.2) is 18.8 Å². The van der Waals surface area contributed by atoms with Crippen molar-refractivity contribution in [3.8, 4) is 5.75 Å². The molecule has 0 heterocycles. The zero-order valence-corrected chi connectivity index (χ0v) is 15.1. The Hall–Kier alpha value is 0.299. The maximum absolute atomic E-state index is 6.42. The van der Waals surface area contributed by atoms with Gasteiger partial charge in [-0.3, -0.25) is 0 Å². The van der Waals surface area contributed by atoms with E-state index in [9.17, 15) is 0 Å². The van der Waals surface area contributed by atoms with Crippen LogP contribution in [0.1, 0.15) is 26.3 Å². The summed E-state index contributed by atoms with van der Waals surface area (Å²) in [7, 11) is 0. The molecule has 1 nitrogen and oxygen atoms in total. The first-order chi connectivity index (χ1) is 7.56. The van der Waals surface area contributed by atoms with E-state index in [1.54, 1.807) is 0 Å². The van der Waals surface area contributed by atoms with Gasteiger partial charge in [-0.15, -0.1) is 0 Å². The van der Waals surface area contributed by atoms with Crippen molar-refractivity contribution in [1.29, 1.82) is 0 Å². The van der Waals surface area contributed by atoms with Crippen LogP contribution >= 0.6 is 15.9 Å². The second-order valence-electron chi connectivity index (χ2n) is 4.26. The zero-order chi connectivity index (χ0) is 12.2. The summed E-state index contributed by atoms with van der Waals surface area (Å²) in [6.07, 6.45) is 0. The Morgan fingerprint density at radius 2 is 1.69 bits per heavy atom. The fourth-order valence-corrected chi connectivity index (χ4v) is 9.90. The number of hydrogen-bond acceptors (Lipinski definition) is 1. The van der Waals surface area contributed by atoms with E-state index >= 15 is 0 Å². The molecule has 1 aromatic carbocycles. The van der Waals surface area contributed by atoms with E-state index in [4.69, 9.17) is 3.07 Å². The number of hydrogen-bond donors (Lipinski definition) is 0. The Bertz CT molecular complexity index is 340. The molecular weight excluding hydrogens is 371 g/mol. The minimum atomic E-state index is -2.30. The Kier molecular flexibility index (Phi) is 5.65.